The molecule has 2 aromatic rings. The minimum absolute atomic E-state index is 0.0951. The van der Waals surface area contributed by atoms with Crippen molar-refractivity contribution < 1.29 is 30.9 Å². The Balaban J connectivity index is 0.000000330. The van der Waals surface area contributed by atoms with Crippen LogP contribution in [0.3, 0.4) is 0 Å². The molecule has 0 unspecified atom stereocenters. The normalized spacial score (nSPS) is 11.5. The maximum absolute atomic E-state index is 12.3. The van der Waals surface area contributed by atoms with Crippen LogP contribution in [-0.2, 0) is 16.3 Å². The lowest BCUT2D eigenvalue weighted by molar-refractivity contribution is -0.137. The number of nitrogens with zero attached hydrogens (tertiary/aromatic N) is 2. The van der Waals surface area contributed by atoms with Crippen LogP contribution in [0.1, 0.15) is 48.5 Å². The second-order valence-electron chi connectivity index (χ2n) is 6.86. The smallest absolute Gasteiger partial charge is 0.366 e. The van der Waals surface area contributed by atoms with Crippen molar-refractivity contribution in [2.75, 3.05) is 18.5 Å². The van der Waals surface area contributed by atoms with Crippen molar-refractivity contribution in [1.29, 1.82) is 0 Å². The standard InChI is InChI=1S/C12H20N2O3S.C8H5ClF3NO/c1-3-4-5-6-9-14(2)12-8-7-11(10-13-12)18(15,16)17;9-4-1-2-5(7(13)14)6(3-4)8(10,11)12/h7-8,10H,3-6,9H2,1-2H3,(H,15,16,17);1-3H,(H2,13,14). The Morgan fingerprint density at radius 1 is 1.19 bits per heavy atom. The summed E-state index contributed by atoms with van der Waals surface area (Å²) in [7, 11) is -2.23. The molecule has 178 valence electrons. The highest BCUT2D eigenvalue weighted by Gasteiger charge is 2.34. The van der Waals surface area contributed by atoms with E-state index in [-0.39, 0.29) is 9.92 Å². The minimum Gasteiger partial charge on any atom is -0.366 e. The van der Waals surface area contributed by atoms with E-state index >= 15 is 0 Å². The monoisotopic (exact) mass is 495 g/mol. The fourth-order valence-electron chi connectivity index (χ4n) is 2.61. The lowest BCUT2D eigenvalue weighted by Gasteiger charge is -2.17. The average Bonchev–Trinajstić information content (AvgIpc) is 2.70. The molecule has 0 spiro atoms. The third kappa shape index (κ3) is 9.01. The fourth-order valence-corrected chi connectivity index (χ4v) is 3.21. The van der Waals surface area contributed by atoms with E-state index in [1.54, 1.807) is 6.07 Å². The number of carbonyl (C=O) groups excluding carboxylic acids is 1. The van der Waals surface area contributed by atoms with Gasteiger partial charge in [0.1, 0.15) is 10.7 Å². The topological polar surface area (TPSA) is 114 Å². The van der Waals surface area contributed by atoms with E-state index in [9.17, 15) is 26.4 Å². The average molecular weight is 496 g/mol. The van der Waals surface area contributed by atoms with E-state index in [4.69, 9.17) is 21.9 Å². The zero-order valence-corrected chi connectivity index (χ0v) is 19.1. The molecule has 1 heterocycles. The number of rotatable bonds is 8. The second kappa shape index (κ2) is 12.0. The zero-order valence-electron chi connectivity index (χ0n) is 17.6. The molecule has 0 atom stereocenters. The van der Waals surface area contributed by atoms with Crippen molar-refractivity contribution in [3.63, 3.8) is 0 Å². The quantitative estimate of drug-likeness (QED) is 0.401. The molecule has 0 aliphatic heterocycles. The maximum Gasteiger partial charge on any atom is 0.417 e. The van der Waals surface area contributed by atoms with E-state index in [2.05, 4.69) is 11.9 Å². The Morgan fingerprint density at radius 2 is 1.84 bits per heavy atom. The van der Waals surface area contributed by atoms with Gasteiger partial charge in [0, 0.05) is 18.6 Å². The van der Waals surface area contributed by atoms with Crippen molar-refractivity contribution in [2.24, 2.45) is 5.73 Å². The highest BCUT2D eigenvalue weighted by atomic mass is 35.5. The number of benzene rings is 1. The number of nitrogens with two attached hydrogens (primary N) is 1. The molecule has 2 rings (SSSR count). The molecular formula is C20H25ClF3N3O4S. The molecule has 0 aliphatic rings. The molecule has 0 saturated carbocycles. The third-order valence-electron chi connectivity index (χ3n) is 4.31. The molecule has 1 aromatic carbocycles. The molecule has 0 radical (unpaired) electrons. The Hall–Kier alpha value is -2.37. The molecular weight excluding hydrogens is 471 g/mol. The van der Waals surface area contributed by atoms with Gasteiger partial charge in [-0.15, -0.1) is 0 Å². The summed E-state index contributed by atoms with van der Waals surface area (Å²) in [6.45, 7) is 3.05. The Labute approximate surface area is 190 Å². The molecule has 0 aliphatic carbocycles. The third-order valence-corrected chi connectivity index (χ3v) is 5.38. The Kier molecular flexibility index (Phi) is 10.4. The first-order valence-electron chi connectivity index (χ1n) is 9.58. The molecule has 1 amide bonds. The number of halogens is 4. The number of carbonyl (C=O) groups is 1. The van der Waals surface area contributed by atoms with Crippen LogP contribution in [0, 0.1) is 0 Å². The highest BCUT2D eigenvalue weighted by molar-refractivity contribution is 7.85. The van der Waals surface area contributed by atoms with E-state index in [0.29, 0.717) is 11.9 Å². The summed E-state index contributed by atoms with van der Waals surface area (Å²) in [6.07, 6.45) is 1.24. The second-order valence-corrected chi connectivity index (χ2v) is 8.72. The Bertz CT molecular complexity index is 1000. The molecule has 32 heavy (non-hydrogen) atoms. The van der Waals surface area contributed by atoms with Crippen LogP contribution in [0.15, 0.2) is 41.4 Å². The van der Waals surface area contributed by atoms with Crippen LogP contribution >= 0.6 is 11.6 Å². The van der Waals surface area contributed by atoms with Crippen molar-refractivity contribution in [3.8, 4) is 0 Å². The predicted octanol–water partition coefficient (Wildman–Crippen LogP) is 4.80. The van der Waals surface area contributed by atoms with Crippen molar-refractivity contribution in [1.82, 2.24) is 4.98 Å². The van der Waals surface area contributed by atoms with Gasteiger partial charge in [-0.3, -0.25) is 9.35 Å². The number of pyridine rings is 1. The lowest BCUT2D eigenvalue weighted by Crippen LogP contribution is -2.19. The Morgan fingerprint density at radius 3 is 2.31 bits per heavy atom. The van der Waals surface area contributed by atoms with Crippen molar-refractivity contribution >= 4 is 33.4 Å². The van der Waals surface area contributed by atoms with Gasteiger partial charge in [0.25, 0.3) is 10.1 Å². The van der Waals surface area contributed by atoms with Crippen LogP contribution in [0.5, 0.6) is 0 Å². The van der Waals surface area contributed by atoms with Crippen molar-refractivity contribution in [3.05, 3.63) is 52.7 Å². The van der Waals surface area contributed by atoms with Gasteiger partial charge >= 0.3 is 6.18 Å². The summed E-state index contributed by atoms with van der Waals surface area (Å²) in [4.78, 5) is 16.5. The minimum atomic E-state index is -4.63. The van der Waals surface area contributed by atoms with E-state index in [1.807, 2.05) is 11.9 Å². The number of anilines is 1. The largest absolute Gasteiger partial charge is 0.417 e. The number of aromatic nitrogens is 1. The molecule has 0 bridgehead atoms. The van der Waals surface area contributed by atoms with Crippen LogP contribution < -0.4 is 10.6 Å². The summed E-state index contributed by atoms with van der Waals surface area (Å²) in [5.74, 6) is -0.423. The van der Waals surface area contributed by atoms with E-state index in [0.717, 1.165) is 19.0 Å². The van der Waals surface area contributed by atoms with Gasteiger partial charge in [-0.1, -0.05) is 37.8 Å². The molecule has 12 heteroatoms. The molecule has 7 nitrogen and oxygen atoms in total. The fraction of sp³-hybridized carbons (Fsp3) is 0.400. The molecule has 0 fully saturated rings. The summed E-state index contributed by atoms with van der Waals surface area (Å²) in [6, 6.07) is 5.76. The number of amides is 1. The van der Waals surface area contributed by atoms with E-state index < -0.39 is 33.3 Å². The summed E-state index contributed by atoms with van der Waals surface area (Å²) in [5.41, 5.74) is 3.08. The molecule has 3 N–H and O–H groups in total. The van der Waals surface area contributed by atoms with Gasteiger partial charge in [-0.2, -0.15) is 21.6 Å². The number of primary amides is 1. The summed E-state index contributed by atoms with van der Waals surface area (Å²) in [5, 5.41) is -0.0951. The van der Waals surface area contributed by atoms with Gasteiger partial charge in [-0.25, -0.2) is 4.98 Å². The first-order chi connectivity index (χ1) is 14.8. The predicted molar refractivity (Wildman–Crippen MR) is 116 cm³/mol. The van der Waals surface area contributed by atoms with Gasteiger partial charge in [0.2, 0.25) is 5.91 Å². The first kappa shape index (κ1) is 27.7. The van der Waals surface area contributed by atoms with Crippen LogP contribution in [0.25, 0.3) is 0 Å². The van der Waals surface area contributed by atoms with Crippen molar-refractivity contribution in [2.45, 2.75) is 43.7 Å². The zero-order chi connectivity index (χ0) is 24.5. The SMILES string of the molecule is CCCCCCN(C)c1ccc(S(=O)(=O)O)cn1.NC(=O)c1ccc(Cl)cc1C(F)(F)F. The number of hydrogen-bond acceptors (Lipinski definition) is 5. The maximum atomic E-state index is 12.3. The number of unbranched alkanes of at least 4 members (excludes halogenated alkanes) is 3. The first-order valence-corrected chi connectivity index (χ1v) is 11.4. The van der Waals surface area contributed by atoms with Gasteiger partial charge in [0.05, 0.1) is 17.3 Å². The molecule has 0 saturated heterocycles. The highest BCUT2D eigenvalue weighted by Crippen LogP contribution is 2.33. The lowest BCUT2D eigenvalue weighted by atomic mass is 10.1. The number of hydrogen-bond donors (Lipinski definition) is 2. The van der Waals surface area contributed by atoms with Crippen LogP contribution in [-0.4, -0.2) is 37.5 Å². The van der Waals surface area contributed by atoms with Gasteiger partial charge in [-0.05, 0) is 36.8 Å². The summed E-state index contributed by atoms with van der Waals surface area (Å²) < 4.78 is 67.5. The summed E-state index contributed by atoms with van der Waals surface area (Å²) >= 11 is 5.38. The van der Waals surface area contributed by atoms with Gasteiger partial charge in [0.15, 0.2) is 0 Å². The van der Waals surface area contributed by atoms with Gasteiger partial charge < -0.3 is 10.6 Å². The number of alkyl halides is 3. The van der Waals surface area contributed by atoms with Crippen LogP contribution in [0.2, 0.25) is 5.02 Å². The van der Waals surface area contributed by atoms with Crippen LogP contribution in [0.4, 0.5) is 19.0 Å². The van der Waals surface area contributed by atoms with E-state index in [1.165, 1.54) is 37.6 Å². The molecule has 1 aromatic heterocycles.